The summed E-state index contributed by atoms with van der Waals surface area (Å²) >= 11 is 0. The molecule has 9 N–H and O–H groups in total. The van der Waals surface area contributed by atoms with Crippen LogP contribution in [0, 0.1) is 5.92 Å². The number of hydrogen-bond donors (Lipinski definition) is 7. The molecule has 11 nitrogen and oxygen atoms in total. The standard InChI is InChI=1S/C17H33N5O6/c1-9(2)13(19)16(27)22-14(10(3)23)17(28)21-11(6-4-5-7-18)15(26)20-8-12(24)25/h9-11,13-14,23H,4-8,18-19H2,1-3H3,(H,20,26)(H,21,28)(H,22,27)(H,24,25). The molecule has 0 saturated heterocycles. The predicted molar refractivity (Wildman–Crippen MR) is 102 cm³/mol. The number of aliphatic hydroxyl groups is 1. The molecule has 0 aromatic rings. The normalized spacial score (nSPS) is 15.2. The van der Waals surface area contributed by atoms with Crippen LogP contribution in [0.5, 0.6) is 0 Å². The van der Waals surface area contributed by atoms with Crippen LogP contribution in [0.15, 0.2) is 0 Å². The van der Waals surface area contributed by atoms with Crippen molar-refractivity contribution in [2.75, 3.05) is 13.1 Å². The number of carboxylic acids is 1. The lowest BCUT2D eigenvalue weighted by atomic mass is 10.0. The van der Waals surface area contributed by atoms with E-state index in [9.17, 15) is 24.3 Å². The summed E-state index contributed by atoms with van der Waals surface area (Å²) < 4.78 is 0. The molecular formula is C17H33N5O6. The Morgan fingerprint density at radius 3 is 2.04 bits per heavy atom. The van der Waals surface area contributed by atoms with Gasteiger partial charge in [0.15, 0.2) is 0 Å². The summed E-state index contributed by atoms with van der Waals surface area (Å²) in [5.74, 6) is -3.46. The van der Waals surface area contributed by atoms with Crippen LogP contribution >= 0.6 is 0 Å². The van der Waals surface area contributed by atoms with Gasteiger partial charge in [0, 0.05) is 0 Å². The molecule has 0 aromatic heterocycles. The molecule has 0 bridgehead atoms. The molecule has 4 unspecified atom stereocenters. The first-order valence-electron chi connectivity index (χ1n) is 9.25. The minimum absolute atomic E-state index is 0.177. The zero-order chi connectivity index (χ0) is 21.9. The lowest BCUT2D eigenvalue weighted by Gasteiger charge is -2.26. The van der Waals surface area contributed by atoms with Crippen LogP contribution in [0.1, 0.15) is 40.0 Å². The molecule has 11 heteroatoms. The molecule has 0 spiro atoms. The van der Waals surface area contributed by atoms with Crippen molar-refractivity contribution in [3.63, 3.8) is 0 Å². The van der Waals surface area contributed by atoms with Crippen LogP contribution in [-0.4, -0.2) is 71.2 Å². The van der Waals surface area contributed by atoms with E-state index in [1.807, 2.05) is 0 Å². The van der Waals surface area contributed by atoms with Crippen LogP contribution in [0.25, 0.3) is 0 Å². The number of carboxylic acid groups (broad SMARTS) is 1. The maximum absolute atomic E-state index is 12.6. The number of nitrogens with two attached hydrogens (primary N) is 2. The van der Waals surface area contributed by atoms with Gasteiger partial charge >= 0.3 is 5.97 Å². The maximum atomic E-state index is 12.6. The fourth-order valence-electron chi connectivity index (χ4n) is 2.27. The minimum Gasteiger partial charge on any atom is -0.480 e. The Hall–Kier alpha value is -2.24. The Kier molecular flexibility index (Phi) is 12.0. The number of aliphatic hydroxyl groups excluding tert-OH is 1. The monoisotopic (exact) mass is 403 g/mol. The highest BCUT2D eigenvalue weighted by molar-refractivity contribution is 5.94. The molecule has 3 amide bonds. The molecule has 0 radical (unpaired) electrons. The second-order valence-electron chi connectivity index (χ2n) is 6.95. The van der Waals surface area contributed by atoms with Gasteiger partial charge in [-0.1, -0.05) is 13.8 Å². The molecule has 0 aliphatic heterocycles. The highest BCUT2D eigenvalue weighted by Gasteiger charge is 2.31. The van der Waals surface area contributed by atoms with Crippen LogP contribution in [0.2, 0.25) is 0 Å². The molecule has 28 heavy (non-hydrogen) atoms. The first kappa shape index (κ1) is 25.8. The van der Waals surface area contributed by atoms with Crippen LogP contribution in [0.4, 0.5) is 0 Å². The van der Waals surface area contributed by atoms with Gasteiger partial charge in [-0.2, -0.15) is 0 Å². The number of amides is 3. The van der Waals surface area contributed by atoms with Gasteiger partial charge in [-0.15, -0.1) is 0 Å². The Morgan fingerprint density at radius 2 is 1.57 bits per heavy atom. The van der Waals surface area contributed by atoms with Gasteiger partial charge in [-0.25, -0.2) is 0 Å². The molecule has 162 valence electrons. The average molecular weight is 403 g/mol. The van der Waals surface area contributed by atoms with Crippen molar-refractivity contribution < 1.29 is 29.4 Å². The molecule has 0 aliphatic rings. The maximum Gasteiger partial charge on any atom is 0.322 e. The number of nitrogens with one attached hydrogen (secondary N) is 3. The number of rotatable bonds is 13. The summed E-state index contributed by atoms with van der Waals surface area (Å²) in [5, 5.41) is 25.6. The van der Waals surface area contributed by atoms with Crippen molar-refractivity contribution in [3.05, 3.63) is 0 Å². The highest BCUT2D eigenvalue weighted by Crippen LogP contribution is 2.04. The Balaban J connectivity index is 5.15. The molecular weight excluding hydrogens is 370 g/mol. The Bertz CT molecular complexity index is 540. The molecule has 0 fully saturated rings. The van der Waals surface area contributed by atoms with E-state index in [1.54, 1.807) is 13.8 Å². The van der Waals surface area contributed by atoms with E-state index < -0.39 is 54.5 Å². The van der Waals surface area contributed by atoms with Crippen molar-refractivity contribution in [1.29, 1.82) is 0 Å². The number of hydrogen-bond acceptors (Lipinski definition) is 7. The van der Waals surface area contributed by atoms with Gasteiger partial charge in [0.25, 0.3) is 0 Å². The summed E-state index contributed by atoms with van der Waals surface area (Å²) in [5.41, 5.74) is 11.2. The summed E-state index contributed by atoms with van der Waals surface area (Å²) in [7, 11) is 0. The Labute approximate surface area is 164 Å². The fraction of sp³-hybridized carbons (Fsp3) is 0.765. The third-order valence-corrected chi connectivity index (χ3v) is 4.08. The van der Waals surface area contributed by atoms with E-state index in [1.165, 1.54) is 6.92 Å². The van der Waals surface area contributed by atoms with E-state index in [2.05, 4.69) is 16.0 Å². The molecule has 0 aromatic carbocycles. The zero-order valence-corrected chi connectivity index (χ0v) is 16.6. The smallest absolute Gasteiger partial charge is 0.322 e. The largest absolute Gasteiger partial charge is 0.480 e. The summed E-state index contributed by atoms with van der Waals surface area (Å²) in [6.07, 6.45) is 0.111. The topological polar surface area (TPSA) is 197 Å². The fourth-order valence-corrected chi connectivity index (χ4v) is 2.27. The molecule has 0 rings (SSSR count). The van der Waals surface area contributed by atoms with Crippen molar-refractivity contribution in [2.45, 2.75) is 64.3 Å². The van der Waals surface area contributed by atoms with E-state index in [0.29, 0.717) is 19.4 Å². The van der Waals surface area contributed by atoms with Crippen molar-refractivity contribution in [2.24, 2.45) is 17.4 Å². The summed E-state index contributed by atoms with van der Waals surface area (Å²) in [6.45, 7) is 4.60. The zero-order valence-electron chi connectivity index (χ0n) is 16.6. The number of unbranched alkanes of at least 4 members (excludes halogenated alkanes) is 1. The number of aliphatic carboxylic acids is 1. The second kappa shape index (κ2) is 13.0. The molecule has 0 heterocycles. The lowest BCUT2D eigenvalue weighted by Crippen LogP contribution is -2.59. The Morgan fingerprint density at radius 1 is 0.964 bits per heavy atom. The summed E-state index contributed by atoms with van der Waals surface area (Å²) in [4.78, 5) is 47.5. The lowest BCUT2D eigenvalue weighted by molar-refractivity contribution is -0.139. The average Bonchev–Trinajstić information content (AvgIpc) is 2.61. The number of carbonyl (C=O) groups is 4. The van der Waals surface area contributed by atoms with Gasteiger partial charge in [0.05, 0.1) is 12.1 Å². The van der Waals surface area contributed by atoms with E-state index in [-0.39, 0.29) is 12.3 Å². The third-order valence-electron chi connectivity index (χ3n) is 4.08. The summed E-state index contributed by atoms with van der Waals surface area (Å²) in [6, 6.07) is -3.22. The van der Waals surface area contributed by atoms with Crippen molar-refractivity contribution in [1.82, 2.24) is 16.0 Å². The first-order valence-corrected chi connectivity index (χ1v) is 9.25. The SMILES string of the molecule is CC(C)C(N)C(=O)NC(C(=O)NC(CCCCN)C(=O)NCC(=O)O)C(C)O. The van der Waals surface area contributed by atoms with Crippen molar-refractivity contribution >= 4 is 23.7 Å². The molecule has 0 aliphatic carbocycles. The third kappa shape index (κ3) is 9.62. The van der Waals surface area contributed by atoms with Gasteiger partial charge in [-0.3, -0.25) is 19.2 Å². The van der Waals surface area contributed by atoms with Gasteiger partial charge in [-0.05, 0) is 38.6 Å². The van der Waals surface area contributed by atoms with Gasteiger partial charge in [0.1, 0.15) is 18.6 Å². The van der Waals surface area contributed by atoms with E-state index >= 15 is 0 Å². The molecule has 4 atom stereocenters. The molecule has 0 saturated carbocycles. The van der Waals surface area contributed by atoms with E-state index in [0.717, 1.165) is 0 Å². The van der Waals surface area contributed by atoms with Crippen LogP contribution in [0.3, 0.4) is 0 Å². The highest BCUT2D eigenvalue weighted by atomic mass is 16.4. The van der Waals surface area contributed by atoms with Crippen LogP contribution < -0.4 is 27.4 Å². The van der Waals surface area contributed by atoms with Gasteiger partial charge in [0.2, 0.25) is 17.7 Å². The van der Waals surface area contributed by atoms with Crippen LogP contribution in [-0.2, 0) is 19.2 Å². The quantitative estimate of drug-likeness (QED) is 0.166. The second-order valence-corrected chi connectivity index (χ2v) is 6.95. The van der Waals surface area contributed by atoms with Crippen molar-refractivity contribution in [3.8, 4) is 0 Å². The first-order chi connectivity index (χ1) is 13.0. The predicted octanol–water partition coefficient (Wildman–Crippen LogP) is -2.35. The number of carbonyl (C=O) groups excluding carboxylic acids is 3. The van der Waals surface area contributed by atoms with E-state index in [4.69, 9.17) is 16.6 Å². The van der Waals surface area contributed by atoms with Gasteiger partial charge < -0.3 is 37.6 Å². The minimum atomic E-state index is -1.32.